The molecule has 0 amide bonds. The Balaban J connectivity index is 2.27. The van der Waals surface area contributed by atoms with Crippen molar-refractivity contribution < 1.29 is 9.53 Å². The number of halogens is 1. The lowest BCUT2D eigenvalue weighted by molar-refractivity contribution is -0.146. The van der Waals surface area contributed by atoms with Crippen LogP contribution in [0.25, 0.3) is 0 Å². The third kappa shape index (κ3) is 4.29. The van der Waals surface area contributed by atoms with Crippen molar-refractivity contribution in [2.75, 3.05) is 25.5 Å². The third-order valence-corrected chi connectivity index (χ3v) is 2.76. The van der Waals surface area contributed by atoms with Crippen LogP contribution in [0.1, 0.15) is 26.2 Å². The van der Waals surface area contributed by atoms with Crippen molar-refractivity contribution in [1.29, 1.82) is 0 Å². The van der Waals surface area contributed by atoms with E-state index in [0.29, 0.717) is 5.88 Å². The number of nitrogens with zero attached hydrogens (tertiary/aromatic N) is 1. The SMILES string of the molecule is CC(=O)O[C@H](CCl)CN1CCCCC1. The summed E-state index contributed by atoms with van der Waals surface area (Å²) in [5, 5.41) is 0. The molecule has 0 saturated carbocycles. The largest absolute Gasteiger partial charge is 0.460 e. The van der Waals surface area contributed by atoms with Gasteiger partial charge in [-0.05, 0) is 25.9 Å². The summed E-state index contributed by atoms with van der Waals surface area (Å²) in [4.78, 5) is 13.1. The first kappa shape index (κ1) is 11.8. The van der Waals surface area contributed by atoms with Gasteiger partial charge in [0.25, 0.3) is 0 Å². The van der Waals surface area contributed by atoms with Gasteiger partial charge in [-0.2, -0.15) is 0 Å². The van der Waals surface area contributed by atoms with Crippen molar-refractivity contribution in [3.8, 4) is 0 Å². The highest BCUT2D eigenvalue weighted by Crippen LogP contribution is 2.10. The molecular weight excluding hydrogens is 202 g/mol. The Morgan fingerprint density at radius 2 is 2.07 bits per heavy atom. The fraction of sp³-hybridized carbons (Fsp3) is 0.900. The normalized spacial score (nSPS) is 20.4. The van der Waals surface area contributed by atoms with Gasteiger partial charge >= 0.3 is 5.97 Å². The van der Waals surface area contributed by atoms with E-state index in [1.165, 1.54) is 26.2 Å². The molecule has 14 heavy (non-hydrogen) atoms. The summed E-state index contributed by atoms with van der Waals surface area (Å²) >= 11 is 5.73. The summed E-state index contributed by atoms with van der Waals surface area (Å²) < 4.78 is 5.09. The Labute approximate surface area is 90.4 Å². The van der Waals surface area contributed by atoms with Crippen molar-refractivity contribution in [3.63, 3.8) is 0 Å². The number of rotatable bonds is 4. The molecule has 4 heteroatoms. The number of hydrogen-bond acceptors (Lipinski definition) is 3. The highest BCUT2D eigenvalue weighted by molar-refractivity contribution is 6.18. The van der Waals surface area contributed by atoms with Crippen molar-refractivity contribution >= 4 is 17.6 Å². The summed E-state index contributed by atoms with van der Waals surface area (Å²) in [6.07, 6.45) is 3.66. The fourth-order valence-electron chi connectivity index (χ4n) is 1.78. The number of carbonyl (C=O) groups is 1. The zero-order valence-electron chi connectivity index (χ0n) is 8.67. The number of piperidine rings is 1. The second-order valence-electron chi connectivity index (χ2n) is 3.75. The lowest BCUT2D eigenvalue weighted by atomic mass is 10.1. The van der Waals surface area contributed by atoms with E-state index in [1.807, 2.05) is 0 Å². The molecule has 0 N–H and O–H groups in total. The minimum absolute atomic E-state index is 0.146. The molecule has 3 nitrogen and oxygen atoms in total. The molecule has 0 aromatic rings. The van der Waals surface area contributed by atoms with Gasteiger partial charge in [-0.25, -0.2) is 0 Å². The topological polar surface area (TPSA) is 29.5 Å². The van der Waals surface area contributed by atoms with Crippen LogP contribution in [0.3, 0.4) is 0 Å². The average molecular weight is 220 g/mol. The first-order chi connectivity index (χ1) is 6.72. The van der Waals surface area contributed by atoms with Gasteiger partial charge in [0.05, 0.1) is 5.88 Å². The van der Waals surface area contributed by atoms with Crippen molar-refractivity contribution in [1.82, 2.24) is 4.90 Å². The van der Waals surface area contributed by atoms with Crippen molar-refractivity contribution in [2.24, 2.45) is 0 Å². The van der Waals surface area contributed by atoms with Gasteiger partial charge in [0.1, 0.15) is 6.10 Å². The van der Waals surface area contributed by atoms with Crippen LogP contribution in [0.4, 0.5) is 0 Å². The summed E-state index contributed by atoms with van der Waals surface area (Å²) in [7, 11) is 0. The quantitative estimate of drug-likeness (QED) is 0.532. The molecule has 1 saturated heterocycles. The van der Waals surface area contributed by atoms with Crippen LogP contribution in [0.2, 0.25) is 0 Å². The van der Waals surface area contributed by atoms with Crippen molar-refractivity contribution in [3.05, 3.63) is 0 Å². The first-order valence-electron chi connectivity index (χ1n) is 5.18. The molecule has 1 heterocycles. The van der Waals surface area contributed by atoms with Gasteiger partial charge in [-0.3, -0.25) is 9.69 Å². The summed E-state index contributed by atoms with van der Waals surface area (Å²) in [5.41, 5.74) is 0. The number of carbonyl (C=O) groups excluding carboxylic acids is 1. The number of hydrogen-bond donors (Lipinski definition) is 0. The maximum absolute atomic E-state index is 10.8. The number of likely N-dealkylation sites (tertiary alicyclic amines) is 1. The Bertz CT molecular complexity index is 181. The maximum atomic E-state index is 10.8. The van der Waals surface area contributed by atoms with Gasteiger partial charge in [-0.15, -0.1) is 11.6 Å². The molecule has 0 aromatic heterocycles. The highest BCUT2D eigenvalue weighted by Gasteiger charge is 2.17. The number of ether oxygens (including phenoxy) is 1. The van der Waals surface area contributed by atoms with Crippen LogP contribution in [-0.2, 0) is 9.53 Å². The second-order valence-corrected chi connectivity index (χ2v) is 4.06. The number of esters is 1. The zero-order valence-corrected chi connectivity index (χ0v) is 9.42. The Morgan fingerprint density at radius 1 is 1.43 bits per heavy atom. The molecule has 82 valence electrons. The molecule has 0 spiro atoms. The van der Waals surface area contributed by atoms with Crippen LogP contribution in [0.5, 0.6) is 0 Å². The Hall–Kier alpha value is -0.280. The maximum Gasteiger partial charge on any atom is 0.302 e. The standard InChI is InChI=1S/C10H18ClNO2/c1-9(13)14-10(7-11)8-12-5-3-2-4-6-12/h10H,2-8H2,1H3/t10-/m1/s1. The van der Waals surface area contributed by atoms with Crippen LogP contribution >= 0.6 is 11.6 Å². The molecule has 0 bridgehead atoms. The van der Waals surface area contributed by atoms with Crippen LogP contribution in [-0.4, -0.2) is 42.5 Å². The van der Waals surface area contributed by atoms with Crippen molar-refractivity contribution in [2.45, 2.75) is 32.3 Å². The Morgan fingerprint density at radius 3 is 2.57 bits per heavy atom. The smallest absolute Gasteiger partial charge is 0.302 e. The average Bonchev–Trinajstić information content (AvgIpc) is 2.17. The number of alkyl halides is 1. The van der Waals surface area contributed by atoms with Crippen LogP contribution in [0.15, 0.2) is 0 Å². The summed E-state index contributed by atoms with van der Waals surface area (Å²) in [6, 6.07) is 0. The molecule has 0 aliphatic carbocycles. The molecule has 1 aliphatic heterocycles. The molecule has 1 fully saturated rings. The van der Waals surface area contributed by atoms with E-state index in [9.17, 15) is 4.79 Å². The molecule has 0 radical (unpaired) electrons. The molecule has 0 unspecified atom stereocenters. The van der Waals surface area contributed by atoms with E-state index in [0.717, 1.165) is 19.6 Å². The van der Waals surface area contributed by atoms with Gasteiger partial charge < -0.3 is 4.74 Å². The van der Waals surface area contributed by atoms with Gasteiger partial charge in [0, 0.05) is 13.5 Å². The van der Waals surface area contributed by atoms with E-state index < -0.39 is 0 Å². The second kappa shape index (κ2) is 6.25. The monoisotopic (exact) mass is 219 g/mol. The third-order valence-electron chi connectivity index (χ3n) is 2.42. The minimum Gasteiger partial charge on any atom is -0.460 e. The van der Waals surface area contributed by atoms with Crippen LogP contribution < -0.4 is 0 Å². The van der Waals surface area contributed by atoms with Crippen LogP contribution in [0, 0.1) is 0 Å². The highest BCUT2D eigenvalue weighted by atomic mass is 35.5. The molecule has 0 aromatic carbocycles. The minimum atomic E-state index is -0.243. The Kier molecular flexibility index (Phi) is 5.26. The van der Waals surface area contributed by atoms with Gasteiger partial charge in [-0.1, -0.05) is 6.42 Å². The first-order valence-corrected chi connectivity index (χ1v) is 5.71. The lowest BCUT2D eigenvalue weighted by Gasteiger charge is -2.29. The predicted molar refractivity (Wildman–Crippen MR) is 56.6 cm³/mol. The summed E-state index contributed by atoms with van der Waals surface area (Å²) in [6.45, 7) is 4.42. The lowest BCUT2D eigenvalue weighted by Crippen LogP contribution is -2.38. The van der Waals surface area contributed by atoms with E-state index in [4.69, 9.17) is 16.3 Å². The molecule has 1 atom stereocenters. The summed E-state index contributed by atoms with van der Waals surface area (Å²) in [5.74, 6) is 0.142. The molecule has 1 aliphatic rings. The van der Waals surface area contributed by atoms with E-state index in [2.05, 4.69) is 4.90 Å². The van der Waals surface area contributed by atoms with E-state index >= 15 is 0 Å². The zero-order chi connectivity index (χ0) is 10.4. The molecular formula is C10H18ClNO2. The van der Waals surface area contributed by atoms with Gasteiger partial charge in [0.15, 0.2) is 0 Å². The molecule has 1 rings (SSSR count). The fourth-order valence-corrected chi connectivity index (χ4v) is 1.94. The van der Waals surface area contributed by atoms with E-state index in [1.54, 1.807) is 0 Å². The predicted octanol–water partition coefficient (Wildman–Crippen LogP) is 1.64. The van der Waals surface area contributed by atoms with Gasteiger partial charge in [0.2, 0.25) is 0 Å². The van der Waals surface area contributed by atoms with E-state index in [-0.39, 0.29) is 12.1 Å².